The molecule has 1 unspecified atom stereocenters. The highest BCUT2D eigenvalue weighted by molar-refractivity contribution is 5.58. The van der Waals surface area contributed by atoms with E-state index in [-0.39, 0.29) is 6.04 Å². The lowest BCUT2D eigenvalue weighted by atomic mass is 10.3. The maximum atomic E-state index is 10.4. The summed E-state index contributed by atoms with van der Waals surface area (Å²) in [6.45, 7) is 0.736. The summed E-state index contributed by atoms with van der Waals surface area (Å²) < 4.78 is 0. The Morgan fingerprint density at radius 3 is 2.80 bits per heavy atom. The summed E-state index contributed by atoms with van der Waals surface area (Å²) in [4.78, 5) is 10.4. The van der Waals surface area contributed by atoms with Crippen molar-refractivity contribution in [1.82, 2.24) is 10.6 Å². The third kappa shape index (κ3) is 2.45. The second kappa shape index (κ2) is 3.68. The predicted octanol–water partition coefficient (Wildman–Crippen LogP) is -0.475. The van der Waals surface area contributed by atoms with Gasteiger partial charge >= 0.3 is 0 Å². The fourth-order valence-corrected chi connectivity index (χ4v) is 0.919. The molecule has 10 heavy (non-hydrogen) atoms. The zero-order valence-corrected chi connectivity index (χ0v) is 6.26. The standard InChI is InChI=1S/C7H14N2O/c1-8-4-7(5-10)9-6-2-3-6/h5-9H,2-4H2,1H3. The first kappa shape index (κ1) is 7.69. The summed E-state index contributed by atoms with van der Waals surface area (Å²) in [6, 6.07) is 0.626. The van der Waals surface area contributed by atoms with Crippen LogP contribution in [-0.2, 0) is 4.79 Å². The molecule has 0 bridgehead atoms. The fraction of sp³-hybridized carbons (Fsp3) is 0.857. The molecule has 0 aromatic carbocycles. The van der Waals surface area contributed by atoms with Crippen molar-refractivity contribution in [3.8, 4) is 0 Å². The summed E-state index contributed by atoms with van der Waals surface area (Å²) in [6.07, 6.45) is 3.43. The van der Waals surface area contributed by atoms with Crippen LogP contribution in [0.25, 0.3) is 0 Å². The third-order valence-electron chi connectivity index (χ3n) is 1.62. The van der Waals surface area contributed by atoms with E-state index in [0.29, 0.717) is 6.04 Å². The van der Waals surface area contributed by atoms with Gasteiger partial charge in [0.1, 0.15) is 6.29 Å². The van der Waals surface area contributed by atoms with E-state index in [1.165, 1.54) is 12.8 Å². The molecule has 0 spiro atoms. The van der Waals surface area contributed by atoms with Gasteiger partial charge in [-0.05, 0) is 19.9 Å². The second-order valence-corrected chi connectivity index (χ2v) is 2.74. The molecule has 0 aromatic heterocycles. The Hall–Kier alpha value is -0.410. The van der Waals surface area contributed by atoms with Gasteiger partial charge in [0, 0.05) is 12.6 Å². The van der Waals surface area contributed by atoms with Crippen LogP contribution in [0.15, 0.2) is 0 Å². The van der Waals surface area contributed by atoms with Crippen LogP contribution in [0.1, 0.15) is 12.8 Å². The molecule has 3 heteroatoms. The lowest BCUT2D eigenvalue weighted by molar-refractivity contribution is -0.109. The van der Waals surface area contributed by atoms with Gasteiger partial charge < -0.3 is 15.4 Å². The van der Waals surface area contributed by atoms with Crippen molar-refractivity contribution >= 4 is 6.29 Å². The molecule has 0 aromatic rings. The highest BCUT2D eigenvalue weighted by atomic mass is 16.1. The number of likely N-dealkylation sites (N-methyl/N-ethyl adjacent to an activating group) is 1. The largest absolute Gasteiger partial charge is 0.318 e. The smallest absolute Gasteiger partial charge is 0.138 e. The van der Waals surface area contributed by atoms with Crippen molar-refractivity contribution in [2.24, 2.45) is 0 Å². The monoisotopic (exact) mass is 142 g/mol. The minimum Gasteiger partial charge on any atom is -0.318 e. The quantitative estimate of drug-likeness (QED) is 0.510. The molecular weight excluding hydrogens is 128 g/mol. The Morgan fingerprint density at radius 2 is 2.40 bits per heavy atom. The van der Waals surface area contributed by atoms with E-state index < -0.39 is 0 Å². The lowest BCUT2D eigenvalue weighted by Crippen LogP contribution is -2.39. The molecule has 1 aliphatic carbocycles. The Morgan fingerprint density at radius 1 is 1.70 bits per heavy atom. The minimum absolute atomic E-state index is 0.0116. The van der Waals surface area contributed by atoms with Crippen LogP contribution >= 0.6 is 0 Å². The minimum atomic E-state index is 0.0116. The van der Waals surface area contributed by atoms with E-state index in [1.807, 2.05) is 7.05 Å². The zero-order chi connectivity index (χ0) is 7.40. The average molecular weight is 142 g/mol. The van der Waals surface area contributed by atoms with Crippen LogP contribution in [0.5, 0.6) is 0 Å². The third-order valence-corrected chi connectivity index (χ3v) is 1.62. The van der Waals surface area contributed by atoms with Gasteiger partial charge in [-0.2, -0.15) is 0 Å². The Balaban J connectivity index is 2.11. The molecular formula is C7H14N2O. The first-order valence-corrected chi connectivity index (χ1v) is 3.72. The number of nitrogens with one attached hydrogen (secondary N) is 2. The van der Waals surface area contributed by atoms with E-state index in [9.17, 15) is 4.79 Å². The van der Waals surface area contributed by atoms with Gasteiger partial charge in [-0.15, -0.1) is 0 Å². The number of carbonyl (C=O) groups excluding carboxylic acids is 1. The van der Waals surface area contributed by atoms with E-state index in [2.05, 4.69) is 10.6 Å². The lowest BCUT2D eigenvalue weighted by Gasteiger charge is -2.09. The fourth-order valence-electron chi connectivity index (χ4n) is 0.919. The number of hydrogen-bond donors (Lipinski definition) is 2. The molecule has 0 heterocycles. The molecule has 2 N–H and O–H groups in total. The maximum absolute atomic E-state index is 10.4. The van der Waals surface area contributed by atoms with Crippen molar-refractivity contribution in [3.05, 3.63) is 0 Å². The van der Waals surface area contributed by atoms with Crippen molar-refractivity contribution in [1.29, 1.82) is 0 Å². The zero-order valence-electron chi connectivity index (χ0n) is 6.26. The molecule has 0 saturated heterocycles. The van der Waals surface area contributed by atoms with Gasteiger partial charge in [-0.3, -0.25) is 0 Å². The van der Waals surface area contributed by atoms with Gasteiger partial charge in [-0.1, -0.05) is 0 Å². The summed E-state index contributed by atoms with van der Waals surface area (Å²) in [5.41, 5.74) is 0. The average Bonchev–Trinajstić information content (AvgIpc) is 2.71. The van der Waals surface area contributed by atoms with E-state index in [1.54, 1.807) is 0 Å². The normalized spacial score (nSPS) is 20.5. The van der Waals surface area contributed by atoms with E-state index in [4.69, 9.17) is 0 Å². The summed E-state index contributed by atoms with van der Waals surface area (Å²) in [5, 5.41) is 6.17. The molecule has 1 rings (SSSR count). The summed E-state index contributed by atoms with van der Waals surface area (Å²) in [5.74, 6) is 0. The number of hydrogen-bond acceptors (Lipinski definition) is 3. The predicted molar refractivity (Wildman–Crippen MR) is 39.9 cm³/mol. The summed E-state index contributed by atoms with van der Waals surface area (Å²) >= 11 is 0. The highest BCUT2D eigenvalue weighted by Crippen LogP contribution is 2.18. The van der Waals surface area contributed by atoms with E-state index >= 15 is 0 Å². The molecule has 0 amide bonds. The van der Waals surface area contributed by atoms with Gasteiger partial charge in [0.15, 0.2) is 0 Å². The van der Waals surface area contributed by atoms with Crippen molar-refractivity contribution in [3.63, 3.8) is 0 Å². The van der Waals surface area contributed by atoms with Crippen molar-refractivity contribution in [2.75, 3.05) is 13.6 Å². The number of aldehydes is 1. The molecule has 1 atom stereocenters. The molecule has 1 aliphatic rings. The molecule has 1 fully saturated rings. The molecule has 1 saturated carbocycles. The van der Waals surface area contributed by atoms with Crippen molar-refractivity contribution in [2.45, 2.75) is 24.9 Å². The highest BCUT2D eigenvalue weighted by Gasteiger charge is 2.23. The van der Waals surface area contributed by atoms with Crippen LogP contribution in [-0.4, -0.2) is 32.0 Å². The van der Waals surface area contributed by atoms with E-state index in [0.717, 1.165) is 12.8 Å². The van der Waals surface area contributed by atoms with Gasteiger partial charge in [0.2, 0.25) is 0 Å². The van der Waals surface area contributed by atoms with Gasteiger partial charge in [-0.25, -0.2) is 0 Å². The second-order valence-electron chi connectivity index (χ2n) is 2.74. The van der Waals surface area contributed by atoms with Crippen LogP contribution in [0, 0.1) is 0 Å². The topological polar surface area (TPSA) is 41.1 Å². The maximum Gasteiger partial charge on any atom is 0.138 e. The van der Waals surface area contributed by atoms with Crippen molar-refractivity contribution < 1.29 is 4.79 Å². The van der Waals surface area contributed by atoms with Crippen LogP contribution in [0.3, 0.4) is 0 Å². The number of carbonyl (C=O) groups is 1. The molecule has 3 nitrogen and oxygen atoms in total. The van der Waals surface area contributed by atoms with Gasteiger partial charge in [0.05, 0.1) is 6.04 Å². The Labute approximate surface area is 61.2 Å². The van der Waals surface area contributed by atoms with Crippen LogP contribution < -0.4 is 10.6 Å². The summed E-state index contributed by atoms with van der Waals surface area (Å²) in [7, 11) is 1.85. The first-order valence-electron chi connectivity index (χ1n) is 3.72. The SMILES string of the molecule is CNCC(C=O)NC1CC1. The number of rotatable bonds is 5. The van der Waals surface area contributed by atoms with Gasteiger partial charge in [0.25, 0.3) is 0 Å². The first-order chi connectivity index (χ1) is 4.86. The molecule has 0 radical (unpaired) electrons. The Kier molecular flexibility index (Phi) is 2.83. The molecule has 0 aliphatic heterocycles. The molecule has 58 valence electrons. The Bertz CT molecular complexity index is 112. The van der Waals surface area contributed by atoms with Crippen LogP contribution in [0.4, 0.5) is 0 Å². The van der Waals surface area contributed by atoms with Crippen LogP contribution in [0.2, 0.25) is 0 Å².